The van der Waals surface area contributed by atoms with Crippen molar-refractivity contribution in [1.82, 2.24) is 5.32 Å². The van der Waals surface area contributed by atoms with E-state index in [2.05, 4.69) is 19.2 Å². The fraction of sp³-hybridized carbons (Fsp3) is 0.909. The molecule has 0 radical (unpaired) electrons. The Kier molecular flexibility index (Phi) is 5.04. The number of amides is 1. The van der Waals surface area contributed by atoms with Gasteiger partial charge in [-0.2, -0.15) is 0 Å². The molecule has 1 saturated carbocycles. The first kappa shape index (κ1) is 12.5. The molecule has 0 saturated heterocycles. The minimum atomic E-state index is 0.0885. The van der Waals surface area contributed by atoms with Crippen LogP contribution in [0.5, 0.6) is 0 Å². The Balaban J connectivity index is 0.000000671. The maximum atomic E-state index is 10.7. The Hall–Kier alpha value is -0.530. The van der Waals surface area contributed by atoms with Crippen molar-refractivity contribution in [1.29, 1.82) is 0 Å². The zero-order chi connectivity index (χ0) is 10.5. The number of carbonyl (C=O) groups is 1. The summed E-state index contributed by atoms with van der Waals surface area (Å²) in [5.41, 5.74) is 0.381. The van der Waals surface area contributed by atoms with Crippen LogP contribution >= 0.6 is 0 Å². The quantitative estimate of drug-likeness (QED) is 0.704. The third-order valence-electron chi connectivity index (χ3n) is 2.96. The predicted molar refractivity (Wildman–Crippen MR) is 56.6 cm³/mol. The van der Waals surface area contributed by atoms with Crippen LogP contribution in [-0.2, 0) is 4.79 Å². The Morgan fingerprint density at radius 2 is 1.85 bits per heavy atom. The molecular weight excluding hydrogens is 162 g/mol. The molecule has 1 aliphatic carbocycles. The van der Waals surface area contributed by atoms with E-state index in [4.69, 9.17) is 0 Å². The molecule has 0 aliphatic heterocycles. The van der Waals surface area contributed by atoms with E-state index in [-0.39, 0.29) is 5.91 Å². The largest absolute Gasteiger partial charge is 0.353 e. The molecule has 1 atom stereocenters. The standard InChI is InChI=1S/C9H17NO.C2H6/c1-7(10-8(2)11)9(3)5-4-6-9;1-2/h7H,4-6H2,1-3H3,(H,10,11);1-2H3. The second-order valence-corrected chi connectivity index (χ2v) is 3.93. The van der Waals surface area contributed by atoms with Crippen LogP contribution in [0.1, 0.15) is 53.9 Å². The number of carbonyl (C=O) groups excluding carboxylic acids is 1. The van der Waals surface area contributed by atoms with Gasteiger partial charge in [-0.3, -0.25) is 4.79 Å². The molecule has 1 fully saturated rings. The number of hydrogen-bond acceptors (Lipinski definition) is 1. The average molecular weight is 185 g/mol. The van der Waals surface area contributed by atoms with Crippen LogP contribution in [0.25, 0.3) is 0 Å². The van der Waals surface area contributed by atoms with E-state index in [9.17, 15) is 4.79 Å². The summed E-state index contributed by atoms with van der Waals surface area (Å²) in [7, 11) is 0. The van der Waals surface area contributed by atoms with Gasteiger partial charge in [-0.15, -0.1) is 0 Å². The summed E-state index contributed by atoms with van der Waals surface area (Å²) in [5, 5.41) is 2.95. The number of rotatable bonds is 2. The van der Waals surface area contributed by atoms with E-state index in [0.717, 1.165) is 0 Å². The van der Waals surface area contributed by atoms with Crippen molar-refractivity contribution in [3.05, 3.63) is 0 Å². The first-order valence-electron chi connectivity index (χ1n) is 5.32. The summed E-state index contributed by atoms with van der Waals surface area (Å²) < 4.78 is 0. The van der Waals surface area contributed by atoms with E-state index in [1.54, 1.807) is 6.92 Å². The summed E-state index contributed by atoms with van der Waals surface area (Å²) in [6, 6.07) is 0.341. The Morgan fingerprint density at radius 3 is 2.08 bits per heavy atom. The van der Waals surface area contributed by atoms with Gasteiger partial charge in [0.2, 0.25) is 5.91 Å². The smallest absolute Gasteiger partial charge is 0.217 e. The lowest BCUT2D eigenvalue weighted by Gasteiger charge is -2.43. The van der Waals surface area contributed by atoms with Crippen molar-refractivity contribution in [2.45, 2.75) is 59.9 Å². The monoisotopic (exact) mass is 185 g/mol. The minimum absolute atomic E-state index is 0.0885. The molecule has 0 spiro atoms. The molecule has 2 nitrogen and oxygen atoms in total. The molecule has 1 amide bonds. The SMILES string of the molecule is CC.CC(=O)NC(C)C1(C)CCC1. The van der Waals surface area contributed by atoms with E-state index in [1.165, 1.54) is 19.3 Å². The summed E-state index contributed by atoms with van der Waals surface area (Å²) in [4.78, 5) is 10.7. The third-order valence-corrected chi connectivity index (χ3v) is 2.96. The topological polar surface area (TPSA) is 29.1 Å². The third kappa shape index (κ3) is 3.37. The molecule has 1 aliphatic rings. The summed E-state index contributed by atoms with van der Waals surface area (Å²) >= 11 is 0. The summed E-state index contributed by atoms with van der Waals surface area (Å²) in [6.07, 6.45) is 3.84. The Morgan fingerprint density at radius 1 is 1.38 bits per heavy atom. The van der Waals surface area contributed by atoms with Gasteiger partial charge in [0.25, 0.3) is 0 Å². The minimum Gasteiger partial charge on any atom is -0.353 e. The second-order valence-electron chi connectivity index (χ2n) is 3.93. The lowest BCUT2D eigenvalue weighted by molar-refractivity contribution is -0.120. The van der Waals surface area contributed by atoms with E-state index in [0.29, 0.717) is 11.5 Å². The molecule has 0 aromatic heterocycles. The zero-order valence-corrected chi connectivity index (χ0v) is 9.61. The Bertz CT molecular complexity index is 161. The number of hydrogen-bond donors (Lipinski definition) is 1. The van der Waals surface area contributed by atoms with Gasteiger partial charge >= 0.3 is 0 Å². The predicted octanol–water partition coefficient (Wildman–Crippen LogP) is 2.73. The van der Waals surface area contributed by atoms with Gasteiger partial charge in [-0.05, 0) is 25.2 Å². The van der Waals surface area contributed by atoms with Crippen LogP contribution in [-0.4, -0.2) is 11.9 Å². The van der Waals surface area contributed by atoms with Crippen molar-refractivity contribution < 1.29 is 4.79 Å². The van der Waals surface area contributed by atoms with Gasteiger partial charge in [-0.1, -0.05) is 27.2 Å². The van der Waals surface area contributed by atoms with Crippen molar-refractivity contribution >= 4 is 5.91 Å². The second kappa shape index (κ2) is 5.25. The Labute approximate surface area is 82.1 Å². The molecule has 0 bridgehead atoms. The maximum Gasteiger partial charge on any atom is 0.217 e. The molecule has 78 valence electrons. The van der Waals surface area contributed by atoms with Crippen molar-refractivity contribution in [2.24, 2.45) is 5.41 Å². The van der Waals surface area contributed by atoms with Crippen LogP contribution in [0.3, 0.4) is 0 Å². The molecular formula is C11H23NO. The van der Waals surface area contributed by atoms with Crippen LogP contribution in [0.4, 0.5) is 0 Å². The molecule has 1 rings (SSSR count). The van der Waals surface area contributed by atoms with Gasteiger partial charge in [0.15, 0.2) is 0 Å². The highest BCUT2D eigenvalue weighted by molar-refractivity contribution is 5.73. The molecule has 1 unspecified atom stereocenters. The molecule has 0 aromatic carbocycles. The van der Waals surface area contributed by atoms with Crippen molar-refractivity contribution in [3.63, 3.8) is 0 Å². The highest BCUT2D eigenvalue weighted by atomic mass is 16.1. The highest BCUT2D eigenvalue weighted by Gasteiger charge is 2.37. The lowest BCUT2D eigenvalue weighted by Crippen LogP contribution is -2.47. The van der Waals surface area contributed by atoms with Gasteiger partial charge in [0.1, 0.15) is 0 Å². The maximum absolute atomic E-state index is 10.7. The van der Waals surface area contributed by atoms with E-state index >= 15 is 0 Å². The summed E-state index contributed by atoms with van der Waals surface area (Å²) in [6.45, 7) is 9.93. The molecule has 2 heteroatoms. The molecule has 1 N–H and O–H groups in total. The van der Waals surface area contributed by atoms with Crippen molar-refractivity contribution in [2.75, 3.05) is 0 Å². The van der Waals surface area contributed by atoms with Gasteiger partial charge in [-0.25, -0.2) is 0 Å². The van der Waals surface area contributed by atoms with Gasteiger partial charge in [0.05, 0.1) is 0 Å². The normalized spacial score (nSPS) is 20.4. The first-order valence-corrected chi connectivity index (χ1v) is 5.32. The fourth-order valence-corrected chi connectivity index (χ4v) is 1.65. The zero-order valence-electron chi connectivity index (χ0n) is 9.61. The van der Waals surface area contributed by atoms with Crippen LogP contribution in [0.15, 0.2) is 0 Å². The van der Waals surface area contributed by atoms with E-state index < -0.39 is 0 Å². The van der Waals surface area contributed by atoms with Crippen molar-refractivity contribution in [3.8, 4) is 0 Å². The van der Waals surface area contributed by atoms with Crippen LogP contribution < -0.4 is 5.32 Å². The van der Waals surface area contributed by atoms with Gasteiger partial charge in [0, 0.05) is 13.0 Å². The van der Waals surface area contributed by atoms with E-state index in [1.807, 2.05) is 13.8 Å². The lowest BCUT2D eigenvalue weighted by atomic mass is 9.66. The highest BCUT2D eigenvalue weighted by Crippen LogP contribution is 2.43. The molecule has 0 heterocycles. The first-order chi connectivity index (χ1) is 6.04. The van der Waals surface area contributed by atoms with Crippen LogP contribution in [0, 0.1) is 5.41 Å². The van der Waals surface area contributed by atoms with Gasteiger partial charge < -0.3 is 5.32 Å². The average Bonchev–Trinajstić information content (AvgIpc) is 2.02. The molecule has 0 aromatic rings. The van der Waals surface area contributed by atoms with Crippen LogP contribution in [0.2, 0.25) is 0 Å². The molecule has 13 heavy (non-hydrogen) atoms. The number of nitrogens with one attached hydrogen (secondary N) is 1. The summed E-state index contributed by atoms with van der Waals surface area (Å²) in [5.74, 6) is 0.0885. The fourth-order valence-electron chi connectivity index (χ4n) is 1.65.